The van der Waals surface area contributed by atoms with Crippen LogP contribution in [0, 0.1) is 12.3 Å². The third kappa shape index (κ3) is 2.21. The van der Waals surface area contributed by atoms with Gasteiger partial charge < -0.3 is 10.0 Å². The van der Waals surface area contributed by atoms with Gasteiger partial charge in [0.15, 0.2) is 10.8 Å². The van der Waals surface area contributed by atoms with Gasteiger partial charge in [0.1, 0.15) is 0 Å². The van der Waals surface area contributed by atoms with Crippen molar-refractivity contribution in [1.29, 1.82) is 0 Å². The molecule has 1 N–H and O–H groups in total. The molecule has 2 heterocycles. The topological polar surface area (TPSA) is 57.8 Å². The van der Waals surface area contributed by atoms with Crippen LogP contribution in [0.2, 0.25) is 0 Å². The molecular formula is C12H11N3O2S. The summed E-state index contributed by atoms with van der Waals surface area (Å²) in [5.41, 5.74) is 0.714. The van der Waals surface area contributed by atoms with Gasteiger partial charge in [-0.15, -0.1) is 17.8 Å². The Morgan fingerprint density at radius 2 is 2.56 bits per heavy atom. The summed E-state index contributed by atoms with van der Waals surface area (Å²) in [6.07, 6.45) is 9.74. The lowest BCUT2D eigenvalue weighted by Crippen LogP contribution is -2.18. The number of aromatic nitrogens is 2. The molecule has 18 heavy (non-hydrogen) atoms. The van der Waals surface area contributed by atoms with Crippen molar-refractivity contribution in [2.24, 2.45) is 0 Å². The first kappa shape index (κ1) is 12.2. The van der Waals surface area contributed by atoms with E-state index in [9.17, 15) is 4.79 Å². The molecule has 0 atom stereocenters. The summed E-state index contributed by atoms with van der Waals surface area (Å²) < 4.78 is 1.84. The molecule has 2 rings (SSSR count). The Morgan fingerprint density at radius 1 is 1.78 bits per heavy atom. The second-order valence-corrected chi connectivity index (χ2v) is 4.48. The van der Waals surface area contributed by atoms with Crippen LogP contribution in [-0.4, -0.2) is 34.1 Å². The number of hydrogen-bond acceptors (Lipinski definition) is 4. The van der Waals surface area contributed by atoms with E-state index in [2.05, 4.69) is 10.9 Å². The first-order valence-corrected chi connectivity index (χ1v) is 6.02. The van der Waals surface area contributed by atoms with Crippen LogP contribution >= 0.6 is 11.3 Å². The first-order chi connectivity index (χ1) is 8.63. The minimum Gasteiger partial charge on any atom is -0.478 e. The van der Waals surface area contributed by atoms with Gasteiger partial charge in [0.25, 0.3) is 0 Å². The van der Waals surface area contributed by atoms with Crippen LogP contribution < -0.4 is 4.90 Å². The molecule has 0 aromatic carbocycles. The molecule has 0 aliphatic carbocycles. The fourth-order valence-electron chi connectivity index (χ4n) is 1.59. The maximum absolute atomic E-state index is 10.6. The van der Waals surface area contributed by atoms with Gasteiger partial charge >= 0.3 is 5.97 Å². The molecule has 6 heteroatoms. The van der Waals surface area contributed by atoms with Crippen LogP contribution in [0.4, 0.5) is 5.82 Å². The summed E-state index contributed by atoms with van der Waals surface area (Å²) in [4.78, 5) is 17.7. The number of fused-ring (bicyclic) bond motifs is 1. The number of carboxylic acids is 1. The number of imidazole rings is 1. The van der Waals surface area contributed by atoms with Crippen LogP contribution in [0.1, 0.15) is 5.69 Å². The molecule has 0 bridgehead atoms. The van der Waals surface area contributed by atoms with E-state index in [4.69, 9.17) is 11.5 Å². The van der Waals surface area contributed by atoms with E-state index in [1.807, 2.05) is 23.0 Å². The third-order valence-corrected chi connectivity index (χ3v) is 3.11. The maximum atomic E-state index is 10.6. The van der Waals surface area contributed by atoms with Crippen molar-refractivity contribution in [1.82, 2.24) is 9.38 Å². The summed E-state index contributed by atoms with van der Waals surface area (Å²) in [7, 11) is 1.82. The van der Waals surface area contributed by atoms with Gasteiger partial charge in [-0.3, -0.25) is 4.40 Å². The van der Waals surface area contributed by atoms with Gasteiger partial charge in [-0.2, -0.15) is 0 Å². The average Bonchev–Trinajstić information content (AvgIpc) is 2.86. The maximum Gasteiger partial charge on any atom is 0.328 e. The van der Waals surface area contributed by atoms with Gasteiger partial charge in [-0.05, 0) is 6.08 Å². The lowest BCUT2D eigenvalue weighted by Gasteiger charge is -2.13. The molecule has 0 fully saturated rings. The summed E-state index contributed by atoms with van der Waals surface area (Å²) in [6, 6.07) is 0. The molecule has 0 radical (unpaired) electrons. The van der Waals surface area contributed by atoms with Crippen molar-refractivity contribution >= 4 is 34.2 Å². The molecule has 0 aliphatic heterocycles. The number of carbonyl (C=O) groups is 1. The van der Waals surface area contributed by atoms with E-state index >= 15 is 0 Å². The molecule has 2 aromatic rings. The molecule has 0 amide bonds. The van der Waals surface area contributed by atoms with E-state index < -0.39 is 5.97 Å². The van der Waals surface area contributed by atoms with Crippen LogP contribution in [0.5, 0.6) is 0 Å². The Kier molecular flexibility index (Phi) is 3.35. The number of hydrogen-bond donors (Lipinski definition) is 1. The number of anilines is 1. The number of carboxylic acid groups (broad SMARTS) is 1. The molecule has 0 saturated carbocycles. The van der Waals surface area contributed by atoms with Gasteiger partial charge in [-0.1, -0.05) is 5.92 Å². The molecule has 0 unspecified atom stereocenters. The Labute approximate surface area is 108 Å². The SMILES string of the molecule is C#CCN(C)c1nc2sccn2c1/C=C/C(=O)O. The van der Waals surface area contributed by atoms with Gasteiger partial charge in [0.05, 0.1) is 12.2 Å². The minimum atomic E-state index is -0.995. The van der Waals surface area contributed by atoms with Crippen LogP contribution in [0.25, 0.3) is 11.0 Å². The predicted molar refractivity (Wildman–Crippen MR) is 71.8 cm³/mol. The Hall–Kier alpha value is -2.26. The molecule has 92 valence electrons. The molecule has 0 spiro atoms. The van der Waals surface area contributed by atoms with E-state index in [1.165, 1.54) is 17.4 Å². The minimum absolute atomic E-state index is 0.415. The molecule has 5 nitrogen and oxygen atoms in total. The Bertz CT molecular complexity index is 648. The normalized spacial score (nSPS) is 10.9. The predicted octanol–water partition coefficient (Wildman–Crippen LogP) is 1.56. The van der Waals surface area contributed by atoms with Crippen LogP contribution in [-0.2, 0) is 4.79 Å². The lowest BCUT2D eigenvalue weighted by atomic mass is 10.3. The summed E-state index contributed by atoms with van der Waals surface area (Å²) in [5, 5.41) is 10.6. The van der Waals surface area contributed by atoms with Crippen molar-refractivity contribution in [3.8, 4) is 12.3 Å². The number of nitrogens with zero attached hydrogens (tertiary/aromatic N) is 3. The van der Waals surface area contributed by atoms with Crippen LogP contribution in [0.15, 0.2) is 17.7 Å². The third-order valence-electron chi connectivity index (χ3n) is 2.35. The highest BCUT2D eigenvalue weighted by Gasteiger charge is 2.14. The summed E-state index contributed by atoms with van der Waals surface area (Å²) in [6.45, 7) is 0.415. The fraction of sp³-hybridized carbons (Fsp3) is 0.167. The van der Waals surface area contributed by atoms with Crippen molar-refractivity contribution in [3.63, 3.8) is 0 Å². The van der Waals surface area contributed by atoms with Gasteiger partial charge in [0, 0.05) is 24.7 Å². The number of terminal acetylenes is 1. The lowest BCUT2D eigenvalue weighted by molar-refractivity contribution is -0.131. The second kappa shape index (κ2) is 4.94. The zero-order valence-electron chi connectivity index (χ0n) is 9.70. The molecule has 0 saturated heterocycles. The van der Waals surface area contributed by atoms with E-state index in [0.29, 0.717) is 18.1 Å². The Morgan fingerprint density at radius 3 is 3.22 bits per heavy atom. The largest absolute Gasteiger partial charge is 0.478 e. The van der Waals surface area contributed by atoms with Crippen LogP contribution in [0.3, 0.4) is 0 Å². The van der Waals surface area contributed by atoms with Crippen molar-refractivity contribution < 1.29 is 9.90 Å². The second-order valence-electron chi connectivity index (χ2n) is 3.61. The monoisotopic (exact) mass is 261 g/mol. The smallest absolute Gasteiger partial charge is 0.328 e. The Balaban J connectivity index is 2.51. The highest BCUT2D eigenvalue weighted by atomic mass is 32.1. The zero-order chi connectivity index (χ0) is 13.1. The first-order valence-electron chi connectivity index (χ1n) is 5.14. The van der Waals surface area contributed by atoms with E-state index in [-0.39, 0.29) is 0 Å². The van der Waals surface area contributed by atoms with Gasteiger partial charge in [-0.25, -0.2) is 9.78 Å². The standard InChI is InChI=1S/C12H11N3O2S/c1-3-6-14(2)11-9(4-5-10(16)17)15-7-8-18-12(15)13-11/h1,4-5,7-8H,6H2,2H3,(H,16,17)/b5-4+. The molecular weight excluding hydrogens is 250 g/mol. The van der Waals surface area contributed by atoms with Crippen molar-refractivity contribution in [2.45, 2.75) is 0 Å². The highest BCUT2D eigenvalue weighted by Crippen LogP contribution is 2.24. The van der Waals surface area contributed by atoms with Crippen molar-refractivity contribution in [3.05, 3.63) is 23.3 Å². The van der Waals surface area contributed by atoms with E-state index in [1.54, 1.807) is 4.90 Å². The number of thiazole rings is 1. The quantitative estimate of drug-likeness (QED) is 0.670. The molecule has 2 aromatic heterocycles. The van der Waals surface area contributed by atoms with Gasteiger partial charge in [0.2, 0.25) is 0 Å². The summed E-state index contributed by atoms with van der Waals surface area (Å²) in [5.74, 6) is 2.22. The van der Waals surface area contributed by atoms with Crippen molar-refractivity contribution in [2.75, 3.05) is 18.5 Å². The molecule has 0 aliphatic rings. The average molecular weight is 261 g/mol. The zero-order valence-corrected chi connectivity index (χ0v) is 10.5. The van der Waals surface area contributed by atoms with E-state index in [0.717, 1.165) is 11.0 Å². The summed E-state index contributed by atoms with van der Waals surface area (Å²) >= 11 is 1.48. The number of rotatable bonds is 4. The highest BCUT2D eigenvalue weighted by molar-refractivity contribution is 7.15. The number of aliphatic carboxylic acids is 1. The fourth-order valence-corrected chi connectivity index (χ4v) is 2.31.